The molecule has 1 fully saturated rings. The Hall–Kier alpha value is -2.12. The van der Waals surface area contributed by atoms with Crippen LogP contribution in [0.5, 0.6) is 11.5 Å². The van der Waals surface area contributed by atoms with E-state index in [-0.39, 0.29) is 10.9 Å². The first kappa shape index (κ1) is 17.3. The highest BCUT2D eigenvalue weighted by molar-refractivity contribution is 7.89. The molecule has 2 aliphatic rings. The van der Waals surface area contributed by atoms with E-state index in [1.165, 1.54) is 16.4 Å². The van der Waals surface area contributed by atoms with E-state index in [0.29, 0.717) is 43.2 Å². The molecule has 2 aliphatic heterocycles. The second-order valence-electron chi connectivity index (χ2n) is 6.59. The van der Waals surface area contributed by atoms with Crippen LogP contribution in [0.25, 0.3) is 0 Å². The smallest absolute Gasteiger partial charge is 0.243 e. The molecule has 0 aromatic heterocycles. The topological polar surface area (TPSA) is 55.8 Å². The Kier molecular flexibility index (Phi) is 4.36. The largest absolute Gasteiger partial charge is 0.486 e. The molecule has 0 N–H and O–H groups in total. The molecule has 0 spiro atoms. The Bertz CT molecular complexity index is 945. The van der Waals surface area contributed by atoms with Gasteiger partial charge in [-0.05, 0) is 55.2 Å². The Balaban J connectivity index is 1.71. The number of hydrogen-bond acceptors (Lipinski definition) is 4. The van der Waals surface area contributed by atoms with Crippen LogP contribution in [0.4, 0.5) is 4.39 Å². The average molecular weight is 377 g/mol. The van der Waals surface area contributed by atoms with E-state index in [2.05, 4.69) is 0 Å². The predicted molar refractivity (Wildman–Crippen MR) is 94.4 cm³/mol. The number of fused-ring (bicyclic) bond motifs is 1. The van der Waals surface area contributed by atoms with Gasteiger partial charge in [-0.3, -0.25) is 0 Å². The molecule has 0 radical (unpaired) electrons. The minimum Gasteiger partial charge on any atom is -0.486 e. The average Bonchev–Trinajstić information content (AvgIpc) is 3.14. The lowest BCUT2D eigenvalue weighted by Crippen LogP contribution is -2.31. The Morgan fingerprint density at radius 2 is 1.85 bits per heavy atom. The van der Waals surface area contributed by atoms with Crippen LogP contribution in [0.1, 0.15) is 30.0 Å². The summed E-state index contributed by atoms with van der Waals surface area (Å²) in [5, 5.41) is 0. The highest BCUT2D eigenvalue weighted by Crippen LogP contribution is 2.40. The van der Waals surface area contributed by atoms with Crippen LogP contribution in [0.3, 0.4) is 0 Å². The Labute approximate surface area is 152 Å². The quantitative estimate of drug-likeness (QED) is 0.822. The van der Waals surface area contributed by atoms with Crippen LogP contribution in [0.2, 0.25) is 0 Å². The zero-order chi connectivity index (χ0) is 18.3. The third kappa shape index (κ3) is 2.95. The van der Waals surface area contributed by atoms with Crippen molar-refractivity contribution in [3.63, 3.8) is 0 Å². The normalized spacial score (nSPS) is 20.3. The molecule has 1 unspecified atom stereocenters. The van der Waals surface area contributed by atoms with Gasteiger partial charge in [0.15, 0.2) is 11.5 Å². The maximum absolute atomic E-state index is 13.7. The number of benzene rings is 2. The van der Waals surface area contributed by atoms with Gasteiger partial charge in [-0.2, -0.15) is 4.31 Å². The van der Waals surface area contributed by atoms with Gasteiger partial charge in [-0.25, -0.2) is 12.8 Å². The van der Waals surface area contributed by atoms with Gasteiger partial charge in [0.1, 0.15) is 19.0 Å². The summed E-state index contributed by atoms with van der Waals surface area (Å²) in [6.07, 6.45) is 1.47. The molecule has 2 heterocycles. The lowest BCUT2D eigenvalue weighted by molar-refractivity contribution is 0.171. The molecule has 138 valence electrons. The number of nitrogens with zero attached hydrogens (tertiary/aromatic N) is 1. The van der Waals surface area contributed by atoms with Crippen LogP contribution in [-0.4, -0.2) is 32.5 Å². The minimum absolute atomic E-state index is 0.0296. The van der Waals surface area contributed by atoms with Crippen molar-refractivity contribution >= 4 is 10.0 Å². The van der Waals surface area contributed by atoms with Gasteiger partial charge in [0.25, 0.3) is 0 Å². The summed E-state index contributed by atoms with van der Waals surface area (Å²) in [7, 11) is -3.79. The molecule has 5 nitrogen and oxygen atoms in total. The molecule has 0 bridgehead atoms. The fourth-order valence-electron chi connectivity index (χ4n) is 3.61. The first-order chi connectivity index (χ1) is 12.5. The molecule has 2 aromatic rings. The van der Waals surface area contributed by atoms with E-state index in [1.807, 2.05) is 18.2 Å². The molecular formula is C19H20FNO4S. The van der Waals surface area contributed by atoms with Gasteiger partial charge < -0.3 is 9.47 Å². The van der Waals surface area contributed by atoms with Crippen LogP contribution in [0, 0.1) is 12.7 Å². The standard InChI is InChI=1S/C19H20FNO4S/c1-13-4-6-15(20)12-19(13)26(22,23)21-8-2-3-16(21)14-5-7-17-18(11-14)25-10-9-24-17/h4-7,11-12,16H,2-3,8-10H2,1H3. The zero-order valence-electron chi connectivity index (χ0n) is 14.4. The van der Waals surface area contributed by atoms with Crippen molar-refractivity contribution < 1.29 is 22.3 Å². The van der Waals surface area contributed by atoms with Crippen LogP contribution in [-0.2, 0) is 10.0 Å². The fourth-order valence-corrected chi connectivity index (χ4v) is 5.53. The van der Waals surface area contributed by atoms with E-state index >= 15 is 0 Å². The molecule has 7 heteroatoms. The highest BCUT2D eigenvalue weighted by atomic mass is 32.2. The summed E-state index contributed by atoms with van der Waals surface area (Å²) >= 11 is 0. The number of ether oxygens (including phenoxy) is 2. The SMILES string of the molecule is Cc1ccc(F)cc1S(=O)(=O)N1CCCC1c1ccc2c(c1)OCCO2. The minimum atomic E-state index is -3.79. The van der Waals surface area contributed by atoms with E-state index in [1.54, 1.807) is 6.92 Å². The first-order valence-electron chi connectivity index (χ1n) is 8.64. The third-order valence-corrected chi connectivity index (χ3v) is 6.94. The molecular weight excluding hydrogens is 357 g/mol. The van der Waals surface area contributed by atoms with Gasteiger partial charge in [-0.1, -0.05) is 12.1 Å². The maximum atomic E-state index is 13.7. The Morgan fingerprint density at radius 1 is 1.08 bits per heavy atom. The Morgan fingerprint density at radius 3 is 2.65 bits per heavy atom. The maximum Gasteiger partial charge on any atom is 0.243 e. The summed E-state index contributed by atoms with van der Waals surface area (Å²) in [5.41, 5.74) is 1.41. The van der Waals surface area contributed by atoms with Crippen molar-refractivity contribution in [1.82, 2.24) is 4.31 Å². The van der Waals surface area contributed by atoms with Crippen LogP contribution in [0.15, 0.2) is 41.3 Å². The van der Waals surface area contributed by atoms with Crippen molar-refractivity contribution in [1.29, 1.82) is 0 Å². The van der Waals surface area contributed by atoms with Gasteiger partial charge >= 0.3 is 0 Å². The number of sulfonamides is 1. The third-order valence-electron chi connectivity index (χ3n) is 4.89. The molecule has 1 atom stereocenters. The highest BCUT2D eigenvalue weighted by Gasteiger charge is 2.37. The number of halogens is 1. The lowest BCUT2D eigenvalue weighted by atomic mass is 10.0. The molecule has 0 amide bonds. The molecule has 1 saturated heterocycles. The van der Waals surface area contributed by atoms with Crippen molar-refractivity contribution in [3.8, 4) is 11.5 Å². The molecule has 4 rings (SSSR count). The van der Waals surface area contributed by atoms with Crippen molar-refractivity contribution in [3.05, 3.63) is 53.3 Å². The number of rotatable bonds is 3. The van der Waals surface area contributed by atoms with E-state index in [4.69, 9.17) is 9.47 Å². The van der Waals surface area contributed by atoms with Crippen molar-refractivity contribution in [2.75, 3.05) is 19.8 Å². The molecule has 26 heavy (non-hydrogen) atoms. The summed E-state index contributed by atoms with van der Waals surface area (Å²) in [4.78, 5) is 0.0296. The van der Waals surface area contributed by atoms with E-state index < -0.39 is 15.8 Å². The summed E-state index contributed by atoms with van der Waals surface area (Å²) in [6, 6.07) is 9.13. The monoisotopic (exact) mass is 377 g/mol. The van der Waals surface area contributed by atoms with Crippen LogP contribution >= 0.6 is 0 Å². The molecule has 2 aromatic carbocycles. The van der Waals surface area contributed by atoms with Gasteiger partial charge in [0.05, 0.1) is 10.9 Å². The van der Waals surface area contributed by atoms with Gasteiger partial charge in [-0.15, -0.1) is 0 Å². The van der Waals surface area contributed by atoms with Crippen molar-refractivity contribution in [2.45, 2.75) is 30.7 Å². The van der Waals surface area contributed by atoms with Crippen LogP contribution < -0.4 is 9.47 Å². The number of aryl methyl sites for hydroxylation is 1. The lowest BCUT2D eigenvalue weighted by Gasteiger charge is -2.26. The van der Waals surface area contributed by atoms with E-state index in [9.17, 15) is 12.8 Å². The second kappa shape index (κ2) is 6.55. The molecule has 0 saturated carbocycles. The second-order valence-corrected chi connectivity index (χ2v) is 8.45. The zero-order valence-corrected chi connectivity index (χ0v) is 15.3. The fraction of sp³-hybridized carbons (Fsp3) is 0.368. The van der Waals surface area contributed by atoms with E-state index in [0.717, 1.165) is 18.1 Å². The van der Waals surface area contributed by atoms with Gasteiger partial charge in [0.2, 0.25) is 10.0 Å². The predicted octanol–water partition coefficient (Wildman–Crippen LogP) is 3.43. The van der Waals surface area contributed by atoms with Crippen molar-refractivity contribution in [2.24, 2.45) is 0 Å². The first-order valence-corrected chi connectivity index (χ1v) is 10.1. The number of hydrogen-bond donors (Lipinski definition) is 0. The summed E-state index contributed by atoms with van der Waals surface area (Å²) < 4.78 is 52.7. The molecule has 0 aliphatic carbocycles. The van der Waals surface area contributed by atoms with Gasteiger partial charge in [0, 0.05) is 6.54 Å². The summed E-state index contributed by atoms with van der Waals surface area (Å²) in [6.45, 7) is 3.08. The summed E-state index contributed by atoms with van der Waals surface area (Å²) in [5.74, 6) is 0.762.